The first kappa shape index (κ1) is 16.0. The summed E-state index contributed by atoms with van der Waals surface area (Å²) in [6.45, 7) is 7.18. The van der Waals surface area contributed by atoms with E-state index in [1.54, 1.807) is 0 Å². The Morgan fingerprint density at radius 2 is 1.67 bits per heavy atom. The molecular formula is C19H20N4O. The number of pyridine rings is 1. The fourth-order valence-corrected chi connectivity index (χ4v) is 3.20. The first-order chi connectivity index (χ1) is 11.6. The molecule has 0 N–H and O–H groups in total. The van der Waals surface area contributed by atoms with Crippen LogP contribution in [-0.4, -0.2) is 37.4 Å². The van der Waals surface area contributed by atoms with Crippen LogP contribution in [0.25, 0.3) is 0 Å². The highest BCUT2D eigenvalue weighted by Crippen LogP contribution is 2.25. The van der Waals surface area contributed by atoms with E-state index in [4.69, 9.17) is 0 Å². The second kappa shape index (κ2) is 6.71. The molecule has 122 valence electrons. The van der Waals surface area contributed by atoms with E-state index in [0.717, 1.165) is 55.2 Å². The number of nitriles is 1. The number of carbonyl (C=O) groups excluding carboxylic acids is 1. The van der Waals surface area contributed by atoms with E-state index in [-0.39, 0.29) is 0 Å². The van der Waals surface area contributed by atoms with Gasteiger partial charge in [0.05, 0.1) is 22.6 Å². The van der Waals surface area contributed by atoms with Crippen LogP contribution < -0.4 is 9.80 Å². The quantitative estimate of drug-likeness (QED) is 0.814. The molecule has 0 amide bonds. The number of nitrogens with zero attached hydrogens (tertiary/aromatic N) is 4. The molecule has 1 fully saturated rings. The molecular weight excluding hydrogens is 300 g/mol. The van der Waals surface area contributed by atoms with Crippen LogP contribution in [0.3, 0.4) is 0 Å². The van der Waals surface area contributed by atoms with Gasteiger partial charge < -0.3 is 9.80 Å². The minimum Gasteiger partial charge on any atom is -0.367 e. The Labute approximate surface area is 142 Å². The average Bonchev–Trinajstić information content (AvgIpc) is 2.62. The van der Waals surface area contributed by atoms with Crippen molar-refractivity contribution in [1.82, 2.24) is 4.98 Å². The van der Waals surface area contributed by atoms with Gasteiger partial charge in [-0.1, -0.05) is 12.1 Å². The number of carbonyl (C=O) groups is 1. The Hall–Kier alpha value is -2.87. The molecule has 24 heavy (non-hydrogen) atoms. The molecule has 0 aliphatic carbocycles. The highest BCUT2D eigenvalue weighted by Gasteiger charge is 2.21. The van der Waals surface area contributed by atoms with Crippen molar-refractivity contribution < 1.29 is 4.79 Å². The molecule has 5 heteroatoms. The van der Waals surface area contributed by atoms with E-state index in [2.05, 4.69) is 20.9 Å². The zero-order chi connectivity index (χ0) is 17.1. The van der Waals surface area contributed by atoms with Gasteiger partial charge in [0.1, 0.15) is 6.07 Å². The maximum Gasteiger partial charge on any atom is 0.151 e. The molecule has 2 heterocycles. The summed E-state index contributed by atoms with van der Waals surface area (Å²) in [5.41, 5.74) is 5.09. The molecule has 3 rings (SSSR count). The largest absolute Gasteiger partial charge is 0.367 e. The van der Waals surface area contributed by atoms with Gasteiger partial charge in [0.25, 0.3) is 0 Å². The van der Waals surface area contributed by atoms with E-state index in [1.807, 2.05) is 44.2 Å². The van der Waals surface area contributed by atoms with Crippen molar-refractivity contribution in [3.05, 3.63) is 52.8 Å². The van der Waals surface area contributed by atoms with Gasteiger partial charge in [0.2, 0.25) is 0 Å². The second-order valence-corrected chi connectivity index (χ2v) is 5.99. The van der Waals surface area contributed by atoms with Crippen molar-refractivity contribution in [3.63, 3.8) is 0 Å². The lowest BCUT2D eigenvalue weighted by Gasteiger charge is -2.38. The summed E-state index contributed by atoms with van der Waals surface area (Å²) in [5, 5.41) is 9.27. The summed E-state index contributed by atoms with van der Waals surface area (Å²) in [6, 6.07) is 11.9. The van der Waals surface area contributed by atoms with Crippen LogP contribution in [0.15, 0.2) is 30.3 Å². The van der Waals surface area contributed by atoms with Crippen LogP contribution in [0, 0.1) is 25.2 Å². The third-order valence-electron chi connectivity index (χ3n) is 4.53. The first-order valence-electron chi connectivity index (χ1n) is 8.06. The van der Waals surface area contributed by atoms with Gasteiger partial charge >= 0.3 is 0 Å². The molecule has 5 nitrogen and oxygen atoms in total. The number of aryl methyl sites for hydroxylation is 2. The number of aldehydes is 1. The number of aromatic nitrogens is 1. The Morgan fingerprint density at radius 3 is 2.29 bits per heavy atom. The number of piperazine rings is 1. The number of hydrogen-bond acceptors (Lipinski definition) is 5. The smallest absolute Gasteiger partial charge is 0.151 e. The standard InChI is InChI=1S/C19H20N4O/c1-14-17(13-24)11-19(15(2)21-14)23-9-7-22(8-10-23)18-6-4-3-5-16(18)12-20/h3-6,11,13H,7-10H2,1-2H3. The second-order valence-electron chi connectivity index (χ2n) is 5.99. The fourth-order valence-electron chi connectivity index (χ4n) is 3.20. The van der Waals surface area contributed by atoms with Crippen LogP contribution in [0.1, 0.15) is 27.3 Å². The molecule has 1 saturated heterocycles. The van der Waals surface area contributed by atoms with Gasteiger partial charge in [-0.15, -0.1) is 0 Å². The average molecular weight is 320 g/mol. The zero-order valence-corrected chi connectivity index (χ0v) is 14.0. The van der Waals surface area contributed by atoms with Crippen LogP contribution in [0.5, 0.6) is 0 Å². The molecule has 0 bridgehead atoms. The predicted octanol–water partition coefficient (Wildman–Crippen LogP) is 2.71. The monoisotopic (exact) mass is 320 g/mol. The normalized spacial score (nSPS) is 14.4. The van der Waals surface area contributed by atoms with E-state index in [9.17, 15) is 10.1 Å². The topological polar surface area (TPSA) is 60.2 Å². The minimum atomic E-state index is 0.646. The number of hydrogen-bond donors (Lipinski definition) is 0. The molecule has 1 aliphatic rings. The highest BCUT2D eigenvalue weighted by molar-refractivity contribution is 5.79. The van der Waals surface area contributed by atoms with Crippen molar-refractivity contribution in [2.45, 2.75) is 13.8 Å². The van der Waals surface area contributed by atoms with E-state index in [0.29, 0.717) is 11.1 Å². The molecule has 0 unspecified atom stereocenters. The van der Waals surface area contributed by atoms with E-state index < -0.39 is 0 Å². The molecule has 1 aliphatic heterocycles. The molecule has 0 saturated carbocycles. The molecule has 0 atom stereocenters. The maximum atomic E-state index is 11.2. The van der Waals surface area contributed by atoms with Gasteiger partial charge in [0.15, 0.2) is 6.29 Å². The number of benzene rings is 1. The summed E-state index contributed by atoms with van der Waals surface area (Å²) in [7, 11) is 0. The van der Waals surface area contributed by atoms with Crippen molar-refractivity contribution >= 4 is 17.7 Å². The highest BCUT2D eigenvalue weighted by atomic mass is 16.1. The molecule has 0 radical (unpaired) electrons. The van der Waals surface area contributed by atoms with Crippen molar-refractivity contribution in [2.75, 3.05) is 36.0 Å². The molecule has 2 aromatic rings. The summed E-state index contributed by atoms with van der Waals surface area (Å²) >= 11 is 0. The lowest BCUT2D eigenvalue weighted by Crippen LogP contribution is -2.47. The van der Waals surface area contributed by atoms with Crippen LogP contribution in [0.2, 0.25) is 0 Å². The van der Waals surface area contributed by atoms with E-state index >= 15 is 0 Å². The van der Waals surface area contributed by atoms with Crippen molar-refractivity contribution in [1.29, 1.82) is 5.26 Å². The van der Waals surface area contributed by atoms with Gasteiger partial charge in [0, 0.05) is 37.4 Å². The predicted molar refractivity (Wildman–Crippen MR) is 94.7 cm³/mol. The maximum absolute atomic E-state index is 11.2. The van der Waals surface area contributed by atoms with Crippen LogP contribution >= 0.6 is 0 Å². The number of para-hydroxylation sites is 1. The Bertz CT molecular complexity index is 801. The Kier molecular flexibility index (Phi) is 4.48. The fraction of sp³-hybridized carbons (Fsp3) is 0.316. The lowest BCUT2D eigenvalue weighted by atomic mass is 10.1. The first-order valence-corrected chi connectivity index (χ1v) is 8.06. The summed E-state index contributed by atoms with van der Waals surface area (Å²) < 4.78 is 0. The van der Waals surface area contributed by atoms with Gasteiger partial charge in [-0.2, -0.15) is 5.26 Å². The summed E-state index contributed by atoms with van der Waals surface area (Å²) in [6.07, 6.45) is 0.866. The minimum absolute atomic E-state index is 0.646. The van der Waals surface area contributed by atoms with Crippen molar-refractivity contribution in [3.8, 4) is 6.07 Å². The third-order valence-corrected chi connectivity index (χ3v) is 4.53. The number of rotatable bonds is 3. The van der Waals surface area contributed by atoms with E-state index in [1.165, 1.54) is 0 Å². The molecule has 0 spiro atoms. The molecule has 1 aromatic carbocycles. The lowest BCUT2D eigenvalue weighted by molar-refractivity contribution is 0.112. The van der Waals surface area contributed by atoms with Gasteiger partial charge in [-0.3, -0.25) is 9.78 Å². The van der Waals surface area contributed by atoms with Crippen LogP contribution in [-0.2, 0) is 0 Å². The summed E-state index contributed by atoms with van der Waals surface area (Å²) in [5.74, 6) is 0. The van der Waals surface area contributed by atoms with Gasteiger partial charge in [-0.25, -0.2) is 0 Å². The summed E-state index contributed by atoms with van der Waals surface area (Å²) in [4.78, 5) is 20.2. The molecule has 1 aromatic heterocycles. The SMILES string of the molecule is Cc1nc(C)c(N2CCN(c3ccccc3C#N)CC2)cc1C=O. The Morgan fingerprint density at radius 1 is 1.04 bits per heavy atom. The third kappa shape index (κ3) is 2.95. The van der Waals surface area contributed by atoms with Crippen LogP contribution in [0.4, 0.5) is 11.4 Å². The van der Waals surface area contributed by atoms with Crippen molar-refractivity contribution in [2.24, 2.45) is 0 Å². The van der Waals surface area contributed by atoms with Gasteiger partial charge in [-0.05, 0) is 32.0 Å². The zero-order valence-electron chi connectivity index (χ0n) is 14.0. The number of anilines is 2. The Balaban J connectivity index is 1.78.